The molecule has 1 saturated heterocycles. The van der Waals surface area contributed by atoms with E-state index in [0.29, 0.717) is 5.92 Å². The number of alkyl halides is 3. The van der Waals surface area contributed by atoms with Gasteiger partial charge in [0.2, 0.25) is 0 Å². The molecule has 1 saturated carbocycles. The first kappa shape index (κ1) is 16.1. The van der Waals surface area contributed by atoms with Crippen LogP contribution in [-0.2, 0) is 0 Å². The molecule has 5 heteroatoms. The van der Waals surface area contributed by atoms with Gasteiger partial charge < -0.3 is 5.32 Å². The average Bonchev–Trinajstić information content (AvgIpc) is 3.07. The Morgan fingerprint density at radius 3 is 2.25 bits per heavy atom. The third-order valence-corrected chi connectivity index (χ3v) is 4.83. The Morgan fingerprint density at radius 2 is 1.80 bits per heavy atom. The van der Waals surface area contributed by atoms with E-state index in [4.69, 9.17) is 0 Å². The summed E-state index contributed by atoms with van der Waals surface area (Å²) in [5.74, 6) is 0.636. The Hall–Kier alpha value is -0.290. The smallest absolute Gasteiger partial charge is 0.308 e. The highest BCUT2D eigenvalue weighted by atomic mass is 19.4. The molecule has 2 unspecified atom stereocenters. The third-order valence-electron chi connectivity index (χ3n) is 4.83. The Bertz CT molecular complexity index is 344. The lowest BCUT2D eigenvalue weighted by molar-refractivity contribution is -0.142. The Morgan fingerprint density at radius 1 is 1.20 bits per heavy atom. The molecule has 2 atom stereocenters. The highest BCUT2D eigenvalue weighted by Gasteiger charge is 2.48. The molecule has 2 nitrogen and oxygen atoms in total. The lowest BCUT2D eigenvalue weighted by Crippen LogP contribution is -2.66. The van der Waals surface area contributed by atoms with Crippen LogP contribution in [0.1, 0.15) is 47.0 Å². The van der Waals surface area contributed by atoms with Gasteiger partial charge in [0.1, 0.15) is 0 Å². The normalized spacial score (nSPS) is 33.5. The van der Waals surface area contributed by atoms with Crippen LogP contribution in [-0.4, -0.2) is 42.3 Å². The van der Waals surface area contributed by atoms with Gasteiger partial charge >= 0.3 is 6.18 Å². The monoisotopic (exact) mass is 292 g/mol. The highest BCUT2D eigenvalue weighted by molar-refractivity contribution is 5.05. The summed E-state index contributed by atoms with van der Waals surface area (Å²) in [6.07, 6.45) is -2.36. The molecular formula is C15H27F3N2. The molecule has 1 aliphatic heterocycles. The molecule has 118 valence electrons. The van der Waals surface area contributed by atoms with Crippen LogP contribution in [0, 0.1) is 11.3 Å². The van der Waals surface area contributed by atoms with E-state index < -0.39 is 12.6 Å². The van der Waals surface area contributed by atoms with Crippen LogP contribution in [0.5, 0.6) is 0 Å². The minimum atomic E-state index is -4.07. The summed E-state index contributed by atoms with van der Waals surface area (Å²) in [6, 6.07) is 0.164. The molecule has 2 aliphatic rings. The molecule has 0 aromatic heterocycles. The number of piperazine rings is 1. The maximum Gasteiger partial charge on any atom is 0.390 e. The average molecular weight is 292 g/mol. The van der Waals surface area contributed by atoms with E-state index in [2.05, 4.69) is 37.9 Å². The fourth-order valence-electron chi connectivity index (χ4n) is 3.40. The number of hydrogen-bond donors (Lipinski definition) is 1. The second kappa shape index (κ2) is 5.16. The maximum atomic E-state index is 12.6. The van der Waals surface area contributed by atoms with Gasteiger partial charge in [-0.25, -0.2) is 0 Å². The van der Waals surface area contributed by atoms with Gasteiger partial charge in [-0.15, -0.1) is 0 Å². The summed E-state index contributed by atoms with van der Waals surface area (Å²) in [7, 11) is 0. The topological polar surface area (TPSA) is 15.3 Å². The number of rotatable bonds is 3. The second-order valence-corrected chi connectivity index (χ2v) is 7.79. The van der Waals surface area contributed by atoms with Crippen LogP contribution >= 0.6 is 0 Å². The van der Waals surface area contributed by atoms with E-state index in [1.807, 2.05) is 0 Å². The molecule has 2 fully saturated rings. The van der Waals surface area contributed by atoms with Gasteiger partial charge in [-0.1, -0.05) is 20.8 Å². The molecule has 0 amide bonds. The Kier molecular flexibility index (Phi) is 4.15. The van der Waals surface area contributed by atoms with Crippen molar-refractivity contribution in [2.75, 3.05) is 19.6 Å². The fraction of sp³-hybridized carbons (Fsp3) is 1.00. The molecule has 0 aromatic rings. The summed E-state index contributed by atoms with van der Waals surface area (Å²) in [5, 5.41) is 3.62. The molecule has 0 aromatic carbocycles. The van der Waals surface area contributed by atoms with Crippen LogP contribution < -0.4 is 5.32 Å². The first-order valence-corrected chi connectivity index (χ1v) is 7.57. The van der Waals surface area contributed by atoms with Crippen molar-refractivity contribution in [2.45, 2.75) is 64.7 Å². The first-order chi connectivity index (χ1) is 9.01. The minimum absolute atomic E-state index is 0.00660. The highest BCUT2D eigenvalue weighted by Crippen LogP contribution is 2.43. The summed E-state index contributed by atoms with van der Waals surface area (Å²) in [4.78, 5) is 2.07. The van der Waals surface area contributed by atoms with Gasteiger partial charge in [0, 0.05) is 31.2 Å². The van der Waals surface area contributed by atoms with Crippen LogP contribution in [0.15, 0.2) is 0 Å². The van der Waals surface area contributed by atoms with Crippen molar-refractivity contribution in [2.24, 2.45) is 11.3 Å². The van der Waals surface area contributed by atoms with Crippen molar-refractivity contribution in [1.29, 1.82) is 0 Å². The number of nitrogens with one attached hydrogen (secondary N) is 1. The Balaban J connectivity index is 2.06. The number of nitrogens with zero attached hydrogens (tertiary/aromatic N) is 1. The van der Waals surface area contributed by atoms with Gasteiger partial charge in [-0.2, -0.15) is 13.2 Å². The summed E-state index contributed by atoms with van der Waals surface area (Å²) in [5.41, 5.74) is -0.0170. The van der Waals surface area contributed by atoms with Crippen LogP contribution in [0.2, 0.25) is 0 Å². The van der Waals surface area contributed by atoms with Crippen LogP contribution in [0.3, 0.4) is 0 Å². The second-order valence-electron chi connectivity index (χ2n) is 7.79. The Labute approximate surface area is 120 Å². The van der Waals surface area contributed by atoms with E-state index in [9.17, 15) is 13.2 Å². The van der Waals surface area contributed by atoms with Crippen molar-refractivity contribution in [3.8, 4) is 0 Å². The molecule has 2 rings (SSSR count). The lowest BCUT2D eigenvalue weighted by Gasteiger charge is -2.51. The van der Waals surface area contributed by atoms with E-state index in [1.165, 1.54) is 12.8 Å². The van der Waals surface area contributed by atoms with Crippen molar-refractivity contribution >= 4 is 0 Å². The van der Waals surface area contributed by atoms with Crippen molar-refractivity contribution < 1.29 is 13.2 Å². The van der Waals surface area contributed by atoms with Gasteiger partial charge in [0.25, 0.3) is 0 Å². The van der Waals surface area contributed by atoms with Crippen LogP contribution in [0.4, 0.5) is 13.2 Å². The molecule has 0 bridgehead atoms. The quantitative estimate of drug-likeness (QED) is 0.857. The lowest BCUT2D eigenvalue weighted by atomic mass is 9.80. The van der Waals surface area contributed by atoms with E-state index in [0.717, 1.165) is 13.1 Å². The predicted octanol–water partition coefficient (Wildman–Crippen LogP) is 3.43. The maximum absolute atomic E-state index is 12.6. The summed E-state index contributed by atoms with van der Waals surface area (Å²) >= 11 is 0. The van der Waals surface area contributed by atoms with E-state index in [-0.39, 0.29) is 23.5 Å². The zero-order valence-electron chi connectivity index (χ0n) is 13.0. The molecule has 1 N–H and O–H groups in total. The molecule has 20 heavy (non-hydrogen) atoms. The number of halogens is 3. The molecule has 0 radical (unpaired) electrons. The van der Waals surface area contributed by atoms with Crippen LogP contribution in [0.25, 0.3) is 0 Å². The minimum Gasteiger partial charge on any atom is -0.308 e. The third kappa shape index (κ3) is 3.88. The molecular weight excluding hydrogens is 265 g/mol. The summed E-state index contributed by atoms with van der Waals surface area (Å²) < 4.78 is 37.7. The fourth-order valence-corrected chi connectivity index (χ4v) is 3.40. The number of hydrogen-bond acceptors (Lipinski definition) is 2. The van der Waals surface area contributed by atoms with Crippen molar-refractivity contribution in [1.82, 2.24) is 10.2 Å². The molecule has 1 aliphatic carbocycles. The standard InChI is InChI=1S/C15H27F3N2/c1-13(2,3)12-9-19-14(4,11-5-6-11)10-20(12)8-7-15(16,17)18/h11-12,19H,5-10H2,1-4H3. The molecule has 1 heterocycles. The van der Waals surface area contributed by atoms with E-state index in [1.54, 1.807) is 0 Å². The summed E-state index contributed by atoms with van der Waals surface area (Å²) in [6.45, 7) is 10.1. The van der Waals surface area contributed by atoms with Gasteiger partial charge in [-0.05, 0) is 31.1 Å². The first-order valence-electron chi connectivity index (χ1n) is 7.57. The van der Waals surface area contributed by atoms with Gasteiger partial charge in [-0.3, -0.25) is 4.90 Å². The largest absolute Gasteiger partial charge is 0.390 e. The SMILES string of the molecule is CC(C)(C)C1CNC(C)(C2CC2)CN1CCC(F)(F)F. The van der Waals surface area contributed by atoms with Gasteiger partial charge in [0.05, 0.1) is 6.42 Å². The predicted molar refractivity (Wildman–Crippen MR) is 74.6 cm³/mol. The van der Waals surface area contributed by atoms with Gasteiger partial charge in [0.15, 0.2) is 0 Å². The van der Waals surface area contributed by atoms with Crippen molar-refractivity contribution in [3.63, 3.8) is 0 Å². The van der Waals surface area contributed by atoms with Crippen molar-refractivity contribution in [3.05, 3.63) is 0 Å². The zero-order chi connectivity index (χ0) is 15.2. The molecule has 0 spiro atoms. The zero-order valence-corrected chi connectivity index (χ0v) is 13.0. The van der Waals surface area contributed by atoms with E-state index >= 15 is 0 Å².